The highest BCUT2D eigenvalue weighted by Crippen LogP contribution is 2.51. The monoisotopic (exact) mass is 566 g/mol. The topological polar surface area (TPSA) is 98.2 Å². The first-order chi connectivity index (χ1) is 19.3. The number of pyridine rings is 1. The Kier molecular flexibility index (Phi) is 9.32. The van der Waals surface area contributed by atoms with Crippen LogP contribution >= 0.6 is 0 Å². The van der Waals surface area contributed by atoms with Crippen molar-refractivity contribution in [3.05, 3.63) is 58.8 Å². The van der Waals surface area contributed by atoms with E-state index in [1.54, 1.807) is 21.0 Å². The molecule has 0 bridgehead atoms. The van der Waals surface area contributed by atoms with Gasteiger partial charge in [-0.3, -0.25) is 4.90 Å². The Labute approximate surface area is 244 Å². The van der Waals surface area contributed by atoms with Crippen LogP contribution in [0.1, 0.15) is 108 Å². The second-order valence-corrected chi connectivity index (χ2v) is 13.1. The van der Waals surface area contributed by atoms with Gasteiger partial charge in [-0.25, -0.2) is 14.6 Å². The molecule has 1 amide bonds. The minimum atomic E-state index is -1.14. The van der Waals surface area contributed by atoms with Crippen molar-refractivity contribution in [3.63, 3.8) is 0 Å². The molecule has 2 aromatic rings. The van der Waals surface area contributed by atoms with Crippen molar-refractivity contribution in [2.75, 3.05) is 7.11 Å². The zero-order valence-corrected chi connectivity index (χ0v) is 25.7. The molecule has 1 N–H and O–H groups in total. The molecule has 224 valence electrons. The lowest BCUT2D eigenvalue weighted by Gasteiger charge is -2.35. The van der Waals surface area contributed by atoms with Gasteiger partial charge < -0.3 is 19.3 Å². The second-order valence-electron chi connectivity index (χ2n) is 13.1. The van der Waals surface area contributed by atoms with Gasteiger partial charge in [0, 0.05) is 17.7 Å². The van der Waals surface area contributed by atoms with Crippen LogP contribution in [0.15, 0.2) is 36.5 Å². The molecule has 0 spiro atoms. The van der Waals surface area contributed by atoms with E-state index >= 15 is 0 Å². The summed E-state index contributed by atoms with van der Waals surface area (Å²) in [7, 11) is 1.59. The highest BCUT2D eigenvalue weighted by atomic mass is 16.6. The summed E-state index contributed by atoms with van der Waals surface area (Å²) in [6.07, 6.45) is 3.69. The van der Waals surface area contributed by atoms with E-state index < -0.39 is 47.7 Å². The highest BCUT2D eigenvalue weighted by Gasteiger charge is 2.59. The average molecular weight is 567 g/mol. The van der Waals surface area contributed by atoms with Crippen molar-refractivity contribution < 1.29 is 28.9 Å². The number of aromatic nitrogens is 1. The number of likely N-dealkylation sites (tertiary alicyclic amines) is 1. The molecule has 4 rings (SSSR count). The van der Waals surface area contributed by atoms with Gasteiger partial charge in [0.25, 0.3) is 0 Å². The summed E-state index contributed by atoms with van der Waals surface area (Å²) in [5, 5.41) is 10.6. The minimum Gasteiger partial charge on any atom is -0.481 e. The number of amides is 1. The zero-order valence-electron chi connectivity index (χ0n) is 25.7. The number of nitrogens with zero attached hydrogens (tertiary/aromatic N) is 2. The van der Waals surface area contributed by atoms with Crippen LogP contribution in [-0.4, -0.2) is 52.4 Å². The van der Waals surface area contributed by atoms with Crippen LogP contribution in [0.5, 0.6) is 5.88 Å². The Morgan fingerprint density at radius 2 is 1.80 bits per heavy atom. The molecular weight excluding hydrogens is 520 g/mol. The van der Waals surface area contributed by atoms with Crippen LogP contribution in [0.25, 0.3) is 0 Å². The summed E-state index contributed by atoms with van der Waals surface area (Å²) in [5.41, 5.74) is 3.39. The van der Waals surface area contributed by atoms with E-state index in [2.05, 4.69) is 24.9 Å². The highest BCUT2D eigenvalue weighted by molar-refractivity contribution is 5.82. The van der Waals surface area contributed by atoms with Gasteiger partial charge in [-0.2, -0.15) is 0 Å². The number of hydrogen-bond donors (Lipinski definition) is 1. The molecule has 8 heteroatoms. The number of carboxylic acids is 1. The molecule has 1 aromatic carbocycles. The second kappa shape index (κ2) is 12.4. The van der Waals surface area contributed by atoms with Crippen molar-refractivity contribution in [1.29, 1.82) is 0 Å². The standard InChI is InChI=1S/C33H46N2O6/c1-19(2)24-14-9-10-15-25(24)27-29(40-18-23-16-22(21-12-11-13-21)17-34-30(23)39-8)26(33(5,6)7)28(31(36)37)35(27)32(38)41-20(3)4/h9-10,14-17,19-21,26-29H,11-13,18H2,1-8H3,(H,36,37)/t26-,27+,28+,29+/m1/s1. The summed E-state index contributed by atoms with van der Waals surface area (Å²) in [4.78, 5) is 32.7. The normalized spacial score (nSPS) is 23.1. The van der Waals surface area contributed by atoms with Crippen molar-refractivity contribution in [2.45, 2.75) is 110 Å². The summed E-state index contributed by atoms with van der Waals surface area (Å²) in [6.45, 7) is 13.9. The Balaban J connectivity index is 1.85. The van der Waals surface area contributed by atoms with Crippen LogP contribution in [0, 0.1) is 11.3 Å². The van der Waals surface area contributed by atoms with E-state index in [-0.39, 0.29) is 12.5 Å². The average Bonchev–Trinajstić information content (AvgIpc) is 3.22. The van der Waals surface area contributed by atoms with Gasteiger partial charge in [0.1, 0.15) is 6.04 Å². The first-order valence-corrected chi connectivity index (χ1v) is 14.8. The van der Waals surface area contributed by atoms with Gasteiger partial charge in [-0.1, -0.05) is 65.3 Å². The van der Waals surface area contributed by atoms with E-state index in [1.807, 2.05) is 51.2 Å². The maximum atomic E-state index is 13.7. The van der Waals surface area contributed by atoms with Crippen LogP contribution in [0.4, 0.5) is 4.79 Å². The van der Waals surface area contributed by atoms with Gasteiger partial charge in [0.05, 0.1) is 32.0 Å². The van der Waals surface area contributed by atoms with Crippen LogP contribution in [-0.2, 0) is 20.9 Å². The molecule has 1 saturated carbocycles. The lowest BCUT2D eigenvalue weighted by Crippen LogP contribution is -2.47. The number of carbonyl (C=O) groups excluding carboxylic acids is 1. The van der Waals surface area contributed by atoms with Crippen LogP contribution in [0.3, 0.4) is 0 Å². The number of ether oxygens (including phenoxy) is 3. The fourth-order valence-electron chi connectivity index (χ4n) is 6.39. The van der Waals surface area contributed by atoms with Crippen molar-refractivity contribution >= 4 is 12.1 Å². The van der Waals surface area contributed by atoms with Gasteiger partial charge in [-0.05, 0) is 66.7 Å². The smallest absolute Gasteiger partial charge is 0.411 e. The lowest BCUT2D eigenvalue weighted by molar-refractivity contribution is -0.145. The first kappa shape index (κ1) is 30.8. The SMILES string of the molecule is COc1ncc(C2CCC2)cc1CO[C@H]1[C@H](C(C)(C)C)[C@@H](C(=O)O)N(C(=O)OC(C)C)[C@H]1c1ccccc1C(C)C. The van der Waals surface area contributed by atoms with Gasteiger partial charge in [0.15, 0.2) is 0 Å². The summed E-state index contributed by atoms with van der Waals surface area (Å²) in [6, 6.07) is 8.22. The van der Waals surface area contributed by atoms with Gasteiger partial charge >= 0.3 is 12.1 Å². The van der Waals surface area contributed by atoms with E-state index in [4.69, 9.17) is 14.2 Å². The molecule has 8 nitrogen and oxygen atoms in total. The molecule has 1 aliphatic heterocycles. The Bertz CT molecular complexity index is 1230. The largest absolute Gasteiger partial charge is 0.481 e. The number of methoxy groups -OCH3 is 1. The quantitative estimate of drug-likeness (QED) is 0.346. The molecule has 2 fully saturated rings. The molecule has 41 heavy (non-hydrogen) atoms. The molecule has 0 unspecified atom stereocenters. The molecule has 1 aliphatic carbocycles. The van der Waals surface area contributed by atoms with E-state index in [0.717, 1.165) is 29.5 Å². The van der Waals surface area contributed by atoms with E-state index in [9.17, 15) is 14.7 Å². The number of hydrogen-bond acceptors (Lipinski definition) is 6. The predicted molar refractivity (Wildman–Crippen MR) is 157 cm³/mol. The maximum Gasteiger partial charge on any atom is 0.411 e. The Morgan fingerprint density at radius 3 is 2.34 bits per heavy atom. The third-order valence-electron chi connectivity index (χ3n) is 8.49. The molecule has 2 heterocycles. The lowest BCUT2D eigenvalue weighted by atomic mass is 9.73. The molecule has 4 atom stereocenters. The molecule has 2 aliphatic rings. The molecule has 1 aromatic heterocycles. The predicted octanol–water partition coefficient (Wildman–Crippen LogP) is 7.08. The van der Waals surface area contributed by atoms with Crippen molar-refractivity contribution in [2.24, 2.45) is 11.3 Å². The van der Waals surface area contributed by atoms with Crippen molar-refractivity contribution in [1.82, 2.24) is 9.88 Å². The van der Waals surface area contributed by atoms with E-state index in [1.165, 1.54) is 16.9 Å². The fraction of sp³-hybridized carbons (Fsp3) is 0.606. The number of carbonyl (C=O) groups is 2. The Hall–Kier alpha value is -3.13. The van der Waals surface area contributed by atoms with Crippen LogP contribution < -0.4 is 4.74 Å². The molecule has 0 radical (unpaired) electrons. The molecular formula is C33H46N2O6. The van der Waals surface area contributed by atoms with Gasteiger partial charge in [-0.15, -0.1) is 0 Å². The minimum absolute atomic E-state index is 0.148. The summed E-state index contributed by atoms with van der Waals surface area (Å²) >= 11 is 0. The zero-order chi connectivity index (χ0) is 30.1. The van der Waals surface area contributed by atoms with Crippen molar-refractivity contribution in [3.8, 4) is 5.88 Å². The Morgan fingerprint density at radius 1 is 1.12 bits per heavy atom. The summed E-state index contributed by atoms with van der Waals surface area (Å²) in [5.74, 6) is -0.475. The molecule has 1 saturated heterocycles. The van der Waals surface area contributed by atoms with Gasteiger partial charge in [0.2, 0.25) is 5.88 Å². The third-order valence-corrected chi connectivity index (χ3v) is 8.49. The van der Waals surface area contributed by atoms with Crippen LogP contribution in [0.2, 0.25) is 0 Å². The summed E-state index contributed by atoms with van der Waals surface area (Å²) < 4.78 is 18.1. The number of benzene rings is 1. The van der Waals surface area contributed by atoms with E-state index in [0.29, 0.717) is 11.8 Å². The first-order valence-electron chi connectivity index (χ1n) is 14.8. The third kappa shape index (κ3) is 6.37. The number of rotatable bonds is 9. The number of aliphatic carboxylic acids is 1. The maximum absolute atomic E-state index is 13.7. The number of carboxylic acid groups (broad SMARTS) is 1. The fourth-order valence-corrected chi connectivity index (χ4v) is 6.39.